The average Bonchev–Trinajstić information content (AvgIpc) is 2.72. The number of H-pyrrole nitrogens is 1. The Morgan fingerprint density at radius 2 is 1.50 bits per heavy atom. The van der Waals surface area contributed by atoms with Crippen molar-refractivity contribution >= 4 is 26.8 Å². The maximum absolute atomic E-state index is 13.3. The van der Waals surface area contributed by atoms with Gasteiger partial charge in [0, 0.05) is 43.3 Å². The number of fused-ring (bicyclic) bond motifs is 1. The van der Waals surface area contributed by atoms with Crippen molar-refractivity contribution in [3.63, 3.8) is 0 Å². The SMILES string of the molecule is CC1CC(C)CN(C(=O)c2c[nH]c3ccc(S(=O)(=O)N4CC(C)CC(C)C4)cc3c2=O)C1. The molecule has 2 aromatic rings. The van der Waals surface area contributed by atoms with Crippen molar-refractivity contribution in [2.45, 2.75) is 45.4 Å². The summed E-state index contributed by atoms with van der Waals surface area (Å²) in [5, 5.41) is 0.230. The summed E-state index contributed by atoms with van der Waals surface area (Å²) >= 11 is 0. The van der Waals surface area contributed by atoms with Crippen molar-refractivity contribution in [3.8, 4) is 0 Å². The number of carbonyl (C=O) groups excluding carboxylic acids is 1. The number of benzene rings is 1. The molecule has 0 aliphatic carbocycles. The monoisotopic (exact) mass is 459 g/mol. The number of nitrogens with zero attached hydrogens (tertiary/aromatic N) is 2. The van der Waals surface area contributed by atoms with Crippen molar-refractivity contribution in [2.24, 2.45) is 23.7 Å². The van der Waals surface area contributed by atoms with Crippen LogP contribution in [-0.2, 0) is 10.0 Å². The number of aromatic nitrogens is 1. The van der Waals surface area contributed by atoms with Crippen LogP contribution in [0.2, 0.25) is 0 Å². The summed E-state index contributed by atoms with van der Waals surface area (Å²) in [4.78, 5) is 31.3. The second kappa shape index (κ2) is 8.63. The minimum atomic E-state index is -3.72. The summed E-state index contributed by atoms with van der Waals surface area (Å²) in [6, 6.07) is 4.57. The van der Waals surface area contributed by atoms with Crippen LogP contribution < -0.4 is 5.43 Å². The Kier molecular flexibility index (Phi) is 6.20. The number of hydrogen-bond donors (Lipinski definition) is 1. The minimum Gasteiger partial charge on any atom is -0.360 e. The van der Waals surface area contributed by atoms with E-state index in [1.165, 1.54) is 22.6 Å². The summed E-state index contributed by atoms with van der Waals surface area (Å²) in [6.07, 6.45) is 3.52. The van der Waals surface area contributed by atoms with Crippen LogP contribution in [0.15, 0.2) is 34.1 Å². The number of rotatable bonds is 3. The van der Waals surface area contributed by atoms with Crippen LogP contribution in [0.3, 0.4) is 0 Å². The Bertz CT molecular complexity index is 1170. The van der Waals surface area contributed by atoms with E-state index in [1.807, 2.05) is 0 Å². The molecule has 2 saturated heterocycles. The zero-order chi connectivity index (χ0) is 23.2. The van der Waals surface area contributed by atoms with Crippen molar-refractivity contribution in [2.75, 3.05) is 26.2 Å². The number of likely N-dealkylation sites (tertiary alicyclic amines) is 1. The standard InChI is InChI=1S/C24H33N3O4S/c1-15-7-16(2)12-26(11-15)24(29)21-10-25-22-6-5-19(9-20(22)23(21)28)32(30,31)27-13-17(3)8-18(4)14-27/h5-6,9-10,15-18H,7-8,11-14H2,1-4H3,(H,25,28). The highest BCUT2D eigenvalue weighted by molar-refractivity contribution is 7.89. The van der Waals surface area contributed by atoms with E-state index in [0.717, 1.165) is 12.8 Å². The smallest absolute Gasteiger partial charge is 0.259 e. The van der Waals surface area contributed by atoms with Gasteiger partial charge in [-0.05, 0) is 54.7 Å². The van der Waals surface area contributed by atoms with Crippen molar-refractivity contribution < 1.29 is 13.2 Å². The van der Waals surface area contributed by atoms with Crippen LogP contribution in [0.4, 0.5) is 0 Å². The molecule has 1 aromatic heterocycles. The molecule has 1 amide bonds. The molecule has 32 heavy (non-hydrogen) atoms. The molecule has 8 heteroatoms. The number of sulfonamides is 1. The summed E-state index contributed by atoms with van der Waals surface area (Å²) in [7, 11) is -3.72. The van der Waals surface area contributed by atoms with E-state index in [9.17, 15) is 18.0 Å². The van der Waals surface area contributed by atoms with Crippen LogP contribution in [-0.4, -0.2) is 54.7 Å². The first-order chi connectivity index (χ1) is 15.1. The molecular weight excluding hydrogens is 426 g/mol. The van der Waals surface area contributed by atoms with Gasteiger partial charge in [0.05, 0.1) is 4.90 Å². The minimum absolute atomic E-state index is 0.0635. The molecule has 0 radical (unpaired) electrons. The third-order valence-electron chi connectivity index (χ3n) is 6.71. The zero-order valence-electron chi connectivity index (χ0n) is 19.3. The lowest BCUT2D eigenvalue weighted by Gasteiger charge is -2.35. The number of pyridine rings is 1. The van der Waals surface area contributed by atoms with E-state index < -0.39 is 15.5 Å². The Morgan fingerprint density at radius 3 is 2.09 bits per heavy atom. The van der Waals surface area contributed by atoms with Crippen LogP contribution >= 0.6 is 0 Å². The van der Waals surface area contributed by atoms with Gasteiger partial charge in [-0.25, -0.2) is 8.42 Å². The first-order valence-corrected chi connectivity index (χ1v) is 12.9. The van der Waals surface area contributed by atoms with Gasteiger partial charge in [-0.1, -0.05) is 27.7 Å². The van der Waals surface area contributed by atoms with E-state index in [2.05, 4.69) is 32.7 Å². The van der Waals surface area contributed by atoms with E-state index in [0.29, 0.717) is 43.5 Å². The summed E-state index contributed by atoms with van der Waals surface area (Å²) < 4.78 is 28.1. The molecule has 7 nitrogen and oxygen atoms in total. The van der Waals surface area contributed by atoms with Gasteiger partial charge in [0.2, 0.25) is 15.5 Å². The fraction of sp³-hybridized carbons (Fsp3) is 0.583. The molecule has 4 unspecified atom stereocenters. The highest BCUT2D eigenvalue weighted by Crippen LogP contribution is 2.28. The summed E-state index contributed by atoms with van der Waals surface area (Å²) in [5.74, 6) is 1.05. The number of amides is 1. The maximum Gasteiger partial charge on any atom is 0.259 e. The van der Waals surface area contributed by atoms with Gasteiger partial charge in [0.15, 0.2) is 0 Å². The third-order valence-corrected chi connectivity index (χ3v) is 8.54. The summed E-state index contributed by atoms with van der Waals surface area (Å²) in [6.45, 7) is 10.5. The zero-order valence-corrected chi connectivity index (χ0v) is 20.1. The Labute approximate surface area is 189 Å². The molecule has 4 atom stereocenters. The quantitative estimate of drug-likeness (QED) is 0.762. The van der Waals surface area contributed by atoms with E-state index in [4.69, 9.17) is 0 Å². The lowest BCUT2D eigenvalue weighted by atomic mass is 9.91. The molecule has 4 rings (SSSR count). The highest BCUT2D eigenvalue weighted by Gasteiger charge is 2.32. The third kappa shape index (κ3) is 4.35. The number of aromatic amines is 1. The van der Waals surface area contributed by atoms with Gasteiger partial charge in [-0.2, -0.15) is 4.31 Å². The van der Waals surface area contributed by atoms with Gasteiger partial charge >= 0.3 is 0 Å². The van der Waals surface area contributed by atoms with Crippen LogP contribution in [0.25, 0.3) is 10.9 Å². The van der Waals surface area contributed by atoms with E-state index in [1.54, 1.807) is 11.0 Å². The normalized spacial score (nSPS) is 27.6. The van der Waals surface area contributed by atoms with Crippen molar-refractivity contribution in [3.05, 3.63) is 40.2 Å². The van der Waals surface area contributed by atoms with E-state index >= 15 is 0 Å². The van der Waals surface area contributed by atoms with Crippen LogP contribution in [0.5, 0.6) is 0 Å². The van der Waals surface area contributed by atoms with Crippen molar-refractivity contribution in [1.82, 2.24) is 14.2 Å². The Morgan fingerprint density at radius 1 is 0.938 bits per heavy atom. The molecule has 1 aromatic carbocycles. The van der Waals surface area contributed by atoms with Gasteiger partial charge < -0.3 is 9.88 Å². The number of carbonyl (C=O) groups is 1. The summed E-state index contributed by atoms with van der Waals surface area (Å²) in [5.41, 5.74) is 0.159. The fourth-order valence-corrected chi connectivity index (χ4v) is 7.17. The molecule has 2 aliphatic heterocycles. The molecule has 2 aliphatic rings. The lowest BCUT2D eigenvalue weighted by Crippen LogP contribution is -2.44. The maximum atomic E-state index is 13.3. The van der Waals surface area contributed by atoms with E-state index in [-0.39, 0.29) is 33.6 Å². The molecule has 0 spiro atoms. The molecular formula is C24H33N3O4S. The largest absolute Gasteiger partial charge is 0.360 e. The van der Waals surface area contributed by atoms with Crippen molar-refractivity contribution in [1.29, 1.82) is 0 Å². The van der Waals surface area contributed by atoms with Gasteiger partial charge in [-0.15, -0.1) is 0 Å². The average molecular weight is 460 g/mol. The lowest BCUT2D eigenvalue weighted by molar-refractivity contribution is 0.0621. The van der Waals surface area contributed by atoms with Gasteiger partial charge in [0.1, 0.15) is 5.56 Å². The van der Waals surface area contributed by atoms with Gasteiger partial charge in [-0.3, -0.25) is 9.59 Å². The number of piperidine rings is 2. The molecule has 1 N–H and O–H groups in total. The molecule has 0 bridgehead atoms. The predicted molar refractivity (Wildman–Crippen MR) is 125 cm³/mol. The Hall–Kier alpha value is -2.19. The van der Waals surface area contributed by atoms with Crippen LogP contribution in [0.1, 0.15) is 50.9 Å². The Balaban J connectivity index is 1.70. The molecule has 0 saturated carbocycles. The predicted octanol–water partition coefficient (Wildman–Crippen LogP) is 3.31. The van der Waals surface area contributed by atoms with Gasteiger partial charge in [0.25, 0.3) is 5.91 Å². The number of hydrogen-bond acceptors (Lipinski definition) is 4. The molecule has 2 fully saturated rings. The first-order valence-electron chi connectivity index (χ1n) is 11.5. The highest BCUT2D eigenvalue weighted by atomic mass is 32.2. The molecule has 174 valence electrons. The first kappa shape index (κ1) is 23.0. The topological polar surface area (TPSA) is 90.6 Å². The second-order valence-electron chi connectivity index (χ2n) is 10.2. The second-order valence-corrected chi connectivity index (χ2v) is 12.1. The molecule has 3 heterocycles. The fourth-order valence-electron chi connectivity index (χ4n) is 5.47. The number of nitrogens with one attached hydrogen (secondary N) is 1. The van der Waals surface area contributed by atoms with Crippen LogP contribution in [0, 0.1) is 23.7 Å².